The van der Waals surface area contributed by atoms with E-state index in [1.165, 1.54) is 42.9 Å². The van der Waals surface area contributed by atoms with Gasteiger partial charge in [0.25, 0.3) is 5.91 Å². The first-order chi connectivity index (χ1) is 18.5. The summed E-state index contributed by atoms with van der Waals surface area (Å²) in [6.45, 7) is 3.63. The Morgan fingerprint density at radius 1 is 1.10 bits per heavy atom. The molecule has 3 N–H and O–H groups in total. The van der Waals surface area contributed by atoms with Gasteiger partial charge in [-0.1, -0.05) is 43.7 Å². The van der Waals surface area contributed by atoms with Crippen molar-refractivity contribution in [3.63, 3.8) is 0 Å². The van der Waals surface area contributed by atoms with Crippen LogP contribution < -0.4 is 5.48 Å². The maximum Gasteiger partial charge on any atom is 0.416 e. The van der Waals surface area contributed by atoms with Crippen molar-refractivity contribution in [3.8, 4) is 0 Å². The van der Waals surface area contributed by atoms with Crippen LogP contribution in [0.1, 0.15) is 70.1 Å². The molecule has 1 aromatic heterocycles. The molecule has 0 aliphatic heterocycles. The molecule has 0 spiro atoms. The lowest BCUT2D eigenvalue weighted by Crippen LogP contribution is -2.49. The molecule has 9 nitrogen and oxygen atoms in total. The number of hydrogen-bond donors (Lipinski definition) is 3. The van der Waals surface area contributed by atoms with Gasteiger partial charge in [-0.25, -0.2) is 20.1 Å². The molecule has 12 heteroatoms. The van der Waals surface area contributed by atoms with E-state index in [1.54, 1.807) is 16.7 Å². The van der Waals surface area contributed by atoms with E-state index in [0.29, 0.717) is 17.8 Å². The average Bonchev–Trinajstić information content (AvgIpc) is 3.29. The van der Waals surface area contributed by atoms with Gasteiger partial charge in [0.2, 0.25) is 0 Å². The van der Waals surface area contributed by atoms with Gasteiger partial charge in [0, 0.05) is 19.0 Å². The molecule has 3 aromatic rings. The molecule has 208 valence electrons. The fraction of sp³-hybridized carbons (Fsp3) is 0.333. The summed E-state index contributed by atoms with van der Waals surface area (Å²) >= 11 is 0. The third-order valence-corrected chi connectivity index (χ3v) is 6.21. The quantitative estimate of drug-likeness (QED) is 0.238. The number of aryl methyl sites for hydroxylation is 1. The van der Waals surface area contributed by atoms with Gasteiger partial charge in [-0.05, 0) is 49.1 Å². The predicted octanol–water partition coefficient (Wildman–Crippen LogP) is 5.16. The summed E-state index contributed by atoms with van der Waals surface area (Å²) in [7, 11) is 0. The largest absolute Gasteiger partial charge is 0.478 e. The molecule has 0 radical (unpaired) electrons. The Morgan fingerprint density at radius 2 is 1.79 bits per heavy atom. The standard InChI is InChI=1S/C27H29F3N4O5/c1-3-4-8-23-31-15-22(33(23)16-18-9-11-20(12-10-18)25(36)37)24(35)34(26(38)32-39)17(2)13-19-6-5-7-21(14-19)27(28,29)30/h5-7,9-12,14-15,17,39H,3-4,8,13,16H2,1-2H3,(H,32,38)(H,36,37). The zero-order valence-corrected chi connectivity index (χ0v) is 21.4. The van der Waals surface area contributed by atoms with E-state index in [-0.39, 0.29) is 29.8 Å². The van der Waals surface area contributed by atoms with Crippen LogP contribution in [-0.2, 0) is 25.6 Å². The Balaban J connectivity index is 1.95. The summed E-state index contributed by atoms with van der Waals surface area (Å²) in [5.74, 6) is -1.32. The van der Waals surface area contributed by atoms with Crippen molar-refractivity contribution in [2.75, 3.05) is 0 Å². The summed E-state index contributed by atoms with van der Waals surface area (Å²) in [5, 5.41) is 18.5. The fourth-order valence-corrected chi connectivity index (χ4v) is 4.21. The Bertz CT molecular complexity index is 1320. The first-order valence-corrected chi connectivity index (χ1v) is 12.3. The summed E-state index contributed by atoms with van der Waals surface area (Å²) in [6.07, 6.45) is -1.18. The monoisotopic (exact) mass is 546 g/mol. The van der Waals surface area contributed by atoms with Gasteiger partial charge in [0.05, 0.1) is 17.3 Å². The topological polar surface area (TPSA) is 125 Å². The molecule has 2 aromatic carbocycles. The lowest BCUT2D eigenvalue weighted by molar-refractivity contribution is -0.137. The number of nitrogens with zero attached hydrogens (tertiary/aromatic N) is 3. The number of nitrogens with one attached hydrogen (secondary N) is 1. The number of carbonyl (C=O) groups excluding carboxylic acids is 2. The van der Waals surface area contributed by atoms with Crippen molar-refractivity contribution in [2.45, 2.75) is 58.3 Å². The van der Waals surface area contributed by atoms with Crippen LogP contribution >= 0.6 is 0 Å². The summed E-state index contributed by atoms with van der Waals surface area (Å²) in [5.41, 5.74) is 1.64. The van der Waals surface area contributed by atoms with Crippen LogP contribution in [0.25, 0.3) is 0 Å². The lowest BCUT2D eigenvalue weighted by Gasteiger charge is -2.27. The van der Waals surface area contributed by atoms with E-state index in [1.807, 2.05) is 6.92 Å². The predicted molar refractivity (Wildman–Crippen MR) is 134 cm³/mol. The zero-order chi connectivity index (χ0) is 28.7. The van der Waals surface area contributed by atoms with E-state index < -0.39 is 35.7 Å². The molecule has 1 unspecified atom stereocenters. The highest BCUT2D eigenvalue weighted by Crippen LogP contribution is 2.30. The van der Waals surface area contributed by atoms with Crippen LogP contribution in [0.2, 0.25) is 0 Å². The van der Waals surface area contributed by atoms with E-state index >= 15 is 0 Å². The number of carbonyl (C=O) groups is 3. The Hall–Kier alpha value is -4.19. The third-order valence-electron chi connectivity index (χ3n) is 6.21. The van der Waals surface area contributed by atoms with Gasteiger partial charge >= 0.3 is 18.2 Å². The van der Waals surface area contributed by atoms with Crippen LogP contribution in [0.5, 0.6) is 0 Å². The minimum absolute atomic E-state index is 0.0305. The number of imidazole rings is 1. The fourth-order valence-electron chi connectivity index (χ4n) is 4.21. The Morgan fingerprint density at radius 3 is 2.38 bits per heavy atom. The number of alkyl halides is 3. The minimum atomic E-state index is -4.55. The minimum Gasteiger partial charge on any atom is -0.478 e. The SMILES string of the molecule is CCCCc1ncc(C(=O)N(C(=O)NO)C(C)Cc2cccc(C(F)(F)F)c2)n1Cc1ccc(C(=O)O)cc1. The van der Waals surface area contributed by atoms with Gasteiger partial charge in [-0.3, -0.25) is 14.9 Å². The first-order valence-electron chi connectivity index (χ1n) is 12.3. The van der Waals surface area contributed by atoms with Crippen molar-refractivity contribution < 1.29 is 37.9 Å². The number of carboxylic acids is 1. The number of hydrogen-bond acceptors (Lipinski definition) is 5. The molecule has 0 fully saturated rings. The second-order valence-electron chi connectivity index (χ2n) is 9.09. The van der Waals surface area contributed by atoms with Gasteiger partial charge in [-0.2, -0.15) is 13.2 Å². The summed E-state index contributed by atoms with van der Waals surface area (Å²) in [6, 6.07) is 8.58. The molecule has 3 rings (SSSR count). The van der Waals surface area contributed by atoms with E-state index in [9.17, 15) is 32.8 Å². The second kappa shape index (κ2) is 12.6. The van der Waals surface area contributed by atoms with Gasteiger partial charge < -0.3 is 9.67 Å². The molecule has 1 heterocycles. The van der Waals surface area contributed by atoms with Gasteiger partial charge in [0.1, 0.15) is 11.5 Å². The summed E-state index contributed by atoms with van der Waals surface area (Å²) in [4.78, 5) is 42.6. The summed E-state index contributed by atoms with van der Waals surface area (Å²) < 4.78 is 41.1. The number of aromatic carboxylic acids is 1. The van der Waals surface area contributed by atoms with Crippen molar-refractivity contribution in [2.24, 2.45) is 0 Å². The molecule has 39 heavy (non-hydrogen) atoms. The van der Waals surface area contributed by atoms with E-state index in [0.717, 1.165) is 29.9 Å². The molecule has 3 amide bonds. The maximum atomic E-state index is 13.7. The second-order valence-corrected chi connectivity index (χ2v) is 9.09. The van der Waals surface area contributed by atoms with E-state index in [2.05, 4.69) is 4.98 Å². The van der Waals surface area contributed by atoms with Crippen LogP contribution in [0, 0.1) is 0 Å². The van der Waals surface area contributed by atoms with Crippen LogP contribution in [0.4, 0.5) is 18.0 Å². The van der Waals surface area contributed by atoms with Crippen molar-refractivity contribution in [1.29, 1.82) is 0 Å². The molecule has 0 saturated heterocycles. The number of hydroxylamine groups is 1. The molecule has 1 atom stereocenters. The van der Waals surface area contributed by atoms with Crippen LogP contribution in [0.3, 0.4) is 0 Å². The Labute approximate surface area is 222 Å². The van der Waals surface area contributed by atoms with Gasteiger partial charge in [0.15, 0.2) is 0 Å². The normalized spacial score (nSPS) is 12.2. The lowest BCUT2D eigenvalue weighted by atomic mass is 10.0. The third kappa shape index (κ3) is 7.23. The van der Waals surface area contributed by atoms with Crippen LogP contribution in [0.15, 0.2) is 54.7 Å². The zero-order valence-electron chi connectivity index (χ0n) is 21.4. The highest BCUT2D eigenvalue weighted by molar-refractivity contribution is 6.03. The number of rotatable bonds is 10. The number of aromatic nitrogens is 2. The molecule has 0 saturated carbocycles. The van der Waals surface area contributed by atoms with Crippen molar-refractivity contribution in [3.05, 3.63) is 88.5 Å². The van der Waals surface area contributed by atoms with Crippen molar-refractivity contribution >= 4 is 17.9 Å². The van der Waals surface area contributed by atoms with Crippen LogP contribution in [-0.4, -0.2) is 48.7 Å². The molecule has 0 aliphatic rings. The molecular formula is C27H29F3N4O5. The number of carboxylic acid groups (broad SMARTS) is 1. The number of imide groups is 1. The number of benzene rings is 2. The smallest absolute Gasteiger partial charge is 0.416 e. The number of urea groups is 1. The maximum absolute atomic E-state index is 13.7. The highest BCUT2D eigenvalue weighted by atomic mass is 19.4. The molecule has 0 aliphatic carbocycles. The van der Waals surface area contributed by atoms with Crippen molar-refractivity contribution in [1.82, 2.24) is 19.9 Å². The molecule has 0 bridgehead atoms. The van der Waals surface area contributed by atoms with Gasteiger partial charge in [-0.15, -0.1) is 0 Å². The highest BCUT2D eigenvalue weighted by Gasteiger charge is 2.33. The number of amides is 3. The number of halogens is 3. The Kier molecular flexibility index (Phi) is 9.47. The molecular weight excluding hydrogens is 517 g/mol. The first kappa shape index (κ1) is 29.4. The average molecular weight is 547 g/mol. The van der Waals surface area contributed by atoms with E-state index in [4.69, 9.17) is 5.11 Å². The number of unbranched alkanes of at least 4 members (excludes halogenated alkanes) is 1.